The molecule has 0 fully saturated rings. The summed E-state index contributed by atoms with van der Waals surface area (Å²) in [7, 11) is 1.61. The summed E-state index contributed by atoms with van der Waals surface area (Å²) in [6.07, 6.45) is -0.706. The molecule has 2 aromatic heterocycles. The van der Waals surface area contributed by atoms with Crippen molar-refractivity contribution < 1.29 is 32.6 Å². The largest absolute Gasteiger partial charge is 0.497 e. The van der Waals surface area contributed by atoms with Crippen molar-refractivity contribution in [2.45, 2.75) is 40.4 Å². The minimum atomic E-state index is -0.706. The predicted molar refractivity (Wildman–Crippen MR) is 121 cm³/mol. The maximum Gasteiger partial charge on any atom is 0.342 e. The molecule has 8 nitrogen and oxygen atoms in total. The first-order chi connectivity index (χ1) is 15.8. The van der Waals surface area contributed by atoms with Crippen LogP contribution in [0.15, 0.2) is 45.2 Å². The molecular formula is C25H29NO7. The molecule has 0 aliphatic carbocycles. The van der Waals surface area contributed by atoms with Crippen molar-refractivity contribution in [3.63, 3.8) is 0 Å². The molecule has 3 rings (SSSR count). The molecule has 33 heavy (non-hydrogen) atoms. The van der Waals surface area contributed by atoms with E-state index in [9.17, 15) is 9.59 Å². The fourth-order valence-electron chi connectivity index (χ4n) is 3.37. The summed E-state index contributed by atoms with van der Waals surface area (Å²) in [6.45, 7) is 7.44. The maximum atomic E-state index is 12.7. The number of methoxy groups -OCH3 is 1. The Hall–Kier alpha value is -3.52. The van der Waals surface area contributed by atoms with E-state index in [1.54, 1.807) is 46.9 Å². The average Bonchev–Trinajstić information content (AvgIpc) is 3.31. The van der Waals surface area contributed by atoms with Crippen LogP contribution in [0.4, 0.5) is 0 Å². The number of benzene rings is 1. The summed E-state index contributed by atoms with van der Waals surface area (Å²) < 4.78 is 27.4. The molecule has 176 valence electrons. The third-order valence-electron chi connectivity index (χ3n) is 5.04. The number of rotatable bonds is 10. The zero-order valence-corrected chi connectivity index (χ0v) is 19.5. The highest BCUT2D eigenvalue weighted by atomic mass is 16.6. The number of esters is 1. The Morgan fingerprint density at radius 1 is 0.939 bits per heavy atom. The van der Waals surface area contributed by atoms with Crippen LogP contribution in [0.5, 0.6) is 5.75 Å². The van der Waals surface area contributed by atoms with Crippen LogP contribution < -0.4 is 10.1 Å². The van der Waals surface area contributed by atoms with E-state index in [-0.39, 0.29) is 19.1 Å². The van der Waals surface area contributed by atoms with Gasteiger partial charge in [0, 0.05) is 0 Å². The van der Waals surface area contributed by atoms with Gasteiger partial charge in [0.25, 0.3) is 5.91 Å². The molecule has 1 N–H and O–H groups in total. The molecule has 3 aromatic rings. The van der Waals surface area contributed by atoms with Gasteiger partial charge >= 0.3 is 5.97 Å². The van der Waals surface area contributed by atoms with E-state index in [4.69, 9.17) is 23.0 Å². The van der Waals surface area contributed by atoms with Crippen LogP contribution in [-0.4, -0.2) is 38.2 Å². The van der Waals surface area contributed by atoms with Gasteiger partial charge in [-0.1, -0.05) is 12.1 Å². The van der Waals surface area contributed by atoms with Crippen LogP contribution in [-0.2, 0) is 16.1 Å². The highest BCUT2D eigenvalue weighted by molar-refractivity contribution is 5.95. The fourth-order valence-corrected chi connectivity index (χ4v) is 3.37. The molecule has 8 heteroatoms. The Bertz CT molecular complexity index is 1090. The molecule has 0 bridgehead atoms. The number of carbonyl (C=O) groups excluding carboxylic acids is 2. The Morgan fingerprint density at radius 2 is 1.55 bits per heavy atom. The lowest BCUT2D eigenvalue weighted by Gasteiger charge is -2.19. The number of furan rings is 2. The number of carbonyl (C=O) groups is 2. The maximum absolute atomic E-state index is 12.7. The molecule has 0 saturated heterocycles. The number of amides is 1. The fraction of sp³-hybridized carbons (Fsp3) is 0.360. The molecule has 0 radical (unpaired) electrons. The van der Waals surface area contributed by atoms with Crippen LogP contribution in [0.3, 0.4) is 0 Å². The van der Waals surface area contributed by atoms with E-state index >= 15 is 0 Å². The molecule has 2 heterocycles. The van der Waals surface area contributed by atoms with Crippen LogP contribution >= 0.6 is 0 Å². The first-order valence-corrected chi connectivity index (χ1v) is 10.6. The van der Waals surface area contributed by atoms with Crippen molar-refractivity contribution in [3.05, 3.63) is 76.1 Å². The van der Waals surface area contributed by atoms with Gasteiger partial charge in [-0.15, -0.1) is 0 Å². The monoisotopic (exact) mass is 455 g/mol. The molecule has 0 spiro atoms. The summed E-state index contributed by atoms with van der Waals surface area (Å²) in [5, 5.41) is 2.80. The molecule has 1 aromatic carbocycles. The van der Waals surface area contributed by atoms with Crippen LogP contribution in [0.1, 0.15) is 49.3 Å². The lowest BCUT2D eigenvalue weighted by Crippen LogP contribution is -2.37. The molecule has 1 amide bonds. The topological polar surface area (TPSA) is 100 Å². The molecule has 1 atom stereocenters. The second-order valence-corrected chi connectivity index (χ2v) is 7.75. The van der Waals surface area contributed by atoms with Gasteiger partial charge in [0.05, 0.1) is 32.4 Å². The molecule has 0 saturated carbocycles. The van der Waals surface area contributed by atoms with Crippen LogP contribution in [0.25, 0.3) is 0 Å². The first-order valence-electron chi connectivity index (χ1n) is 10.6. The van der Waals surface area contributed by atoms with Gasteiger partial charge in [0.1, 0.15) is 40.5 Å². The second-order valence-electron chi connectivity index (χ2n) is 7.75. The van der Waals surface area contributed by atoms with Gasteiger partial charge in [0.2, 0.25) is 0 Å². The van der Waals surface area contributed by atoms with Gasteiger partial charge in [-0.3, -0.25) is 4.79 Å². The highest BCUT2D eigenvalue weighted by Gasteiger charge is 2.22. The first kappa shape index (κ1) is 24.1. The van der Waals surface area contributed by atoms with E-state index in [1.807, 2.05) is 24.3 Å². The zero-order chi connectivity index (χ0) is 24.0. The number of ether oxygens (including phenoxy) is 3. The number of hydrogen-bond acceptors (Lipinski definition) is 7. The van der Waals surface area contributed by atoms with Crippen LogP contribution in [0, 0.1) is 27.7 Å². The average molecular weight is 456 g/mol. The summed E-state index contributed by atoms with van der Waals surface area (Å²) in [5.41, 5.74) is 1.73. The summed E-state index contributed by atoms with van der Waals surface area (Å²) >= 11 is 0. The predicted octanol–water partition coefficient (Wildman–Crippen LogP) is 4.29. The van der Waals surface area contributed by atoms with Gasteiger partial charge in [-0.25, -0.2) is 4.79 Å². The molecule has 0 aliphatic rings. The normalized spacial score (nSPS) is 11.8. The lowest BCUT2D eigenvalue weighted by atomic mass is 10.2. The Kier molecular flexibility index (Phi) is 7.95. The number of nitrogens with one attached hydrogen (secondary N) is 1. The Balaban J connectivity index is 1.63. The smallest absolute Gasteiger partial charge is 0.342 e. The van der Waals surface area contributed by atoms with Gasteiger partial charge in [0.15, 0.2) is 0 Å². The minimum absolute atomic E-state index is 0.0761. The van der Waals surface area contributed by atoms with Crippen LogP contribution in [0.2, 0.25) is 0 Å². The Labute approximate surface area is 192 Å². The van der Waals surface area contributed by atoms with E-state index in [0.29, 0.717) is 40.8 Å². The highest BCUT2D eigenvalue weighted by Crippen LogP contribution is 2.17. The minimum Gasteiger partial charge on any atom is -0.497 e. The van der Waals surface area contributed by atoms with Crippen molar-refractivity contribution in [2.75, 3.05) is 20.3 Å². The number of hydrogen-bond donors (Lipinski definition) is 1. The van der Waals surface area contributed by atoms with Gasteiger partial charge < -0.3 is 28.4 Å². The summed E-state index contributed by atoms with van der Waals surface area (Å²) in [6, 6.07) is 10.8. The number of aryl methyl sites for hydroxylation is 4. The second kappa shape index (κ2) is 10.9. The van der Waals surface area contributed by atoms with Crippen molar-refractivity contribution in [3.8, 4) is 5.75 Å². The van der Waals surface area contributed by atoms with E-state index in [2.05, 4.69) is 5.32 Å². The van der Waals surface area contributed by atoms with Crippen molar-refractivity contribution in [1.29, 1.82) is 0 Å². The quantitative estimate of drug-likeness (QED) is 0.455. The Morgan fingerprint density at radius 3 is 2.09 bits per heavy atom. The van der Waals surface area contributed by atoms with E-state index < -0.39 is 12.1 Å². The molecule has 1 unspecified atom stereocenters. The lowest BCUT2D eigenvalue weighted by molar-refractivity contribution is -0.00757. The summed E-state index contributed by atoms with van der Waals surface area (Å²) in [4.78, 5) is 25.3. The molecular weight excluding hydrogens is 426 g/mol. The summed E-state index contributed by atoms with van der Waals surface area (Å²) in [5.74, 6) is 2.18. The third kappa shape index (κ3) is 6.49. The van der Waals surface area contributed by atoms with Crippen molar-refractivity contribution in [1.82, 2.24) is 5.32 Å². The SMILES string of the molecule is COc1ccc(COCC(CNC(=O)c2cc(C)oc2C)OC(=O)c2cc(C)oc2C)cc1. The van der Waals surface area contributed by atoms with E-state index in [1.165, 1.54) is 0 Å². The zero-order valence-electron chi connectivity index (χ0n) is 19.5. The van der Waals surface area contributed by atoms with Crippen molar-refractivity contribution >= 4 is 11.9 Å². The van der Waals surface area contributed by atoms with Crippen molar-refractivity contribution in [2.24, 2.45) is 0 Å². The van der Waals surface area contributed by atoms with E-state index in [0.717, 1.165) is 11.3 Å². The molecule has 0 aliphatic heterocycles. The van der Waals surface area contributed by atoms with Gasteiger partial charge in [-0.05, 0) is 57.5 Å². The van der Waals surface area contributed by atoms with Gasteiger partial charge in [-0.2, -0.15) is 0 Å². The standard InChI is InChI=1S/C25H29NO7/c1-15-10-22(17(3)31-15)24(27)26-12-21(33-25(28)23-11-16(2)32-18(23)4)14-30-13-19-6-8-20(29-5)9-7-19/h6-11,21H,12-14H2,1-5H3,(H,26,27). The third-order valence-corrected chi connectivity index (χ3v) is 5.04.